The number of nitrogens with two attached hydrogens (primary N) is 1. The van der Waals surface area contributed by atoms with Gasteiger partial charge in [0.25, 0.3) is 0 Å². The van der Waals surface area contributed by atoms with Crippen molar-refractivity contribution in [3.63, 3.8) is 0 Å². The molecule has 1 aliphatic heterocycles. The molecule has 0 spiro atoms. The van der Waals surface area contributed by atoms with E-state index in [0.29, 0.717) is 5.75 Å². The van der Waals surface area contributed by atoms with E-state index in [1.807, 2.05) is 0 Å². The van der Waals surface area contributed by atoms with Crippen molar-refractivity contribution in [3.8, 4) is 0 Å². The number of hydrogen-bond acceptors (Lipinski definition) is 4. The monoisotopic (exact) mass is 207 g/mol. The molecule has 0 aromatic carbocycles. The molecular weight excluding hydrogens is 190 g/mol. The number of ether oxygens (including phenoxy) is 1. The van der Waals surface area contributed by atoms with E-state index in [-0.39, 0.29) is 18.4 Å². The Kier molecular flexibility index (Phi) is 4.87. The summed E-state index contributed by atoms with van der Waals surface area (Å²) in [7, 11) is -0.995. The van der Waals surface area contributed by atoms with E-state index in [2.05, 4.69) is 0 Å². The van der Waals surface area contributed by atoms with Crippen LogP contribution in [0.5, 0.6) is 0 Å². The van der Waals surface area contributed by atoms with Crippen LogP contribution in [-0.4, -0.2) is 46.2 Å². The van der Waals surface area contributed by atoms with Crippen LogP contribution in [0, 0.1) is 0 Å². The van der Waals surface area contributed by atoms with Crippen molar-refractivity contribution in [1.82, 2.24) is 0 Å². The Morgan fingerprint density at radius 2 is 2.46 bits per heavy atom. The van der Waals surface area contributed by atoms with E-state index in [4.69, 9.17) is 15.6 Å². The van der Waals surface area contributed by atoms with Gasteiger partial charge >= 0.3 is 0 Å². The SMILES string of the molecule is NCC(O)CS(=O)CC1CCCO1. The van der Waals surface area contributed by atoms with Gasteiger partial charge in [-0.1, -0.05) is 0 Å². The zero-order chi connectivity index (χ0) is 9.68. The van der Waals surface area contributed by atoms with Crippen molar-refractivity contribution in [1.29, 1.82) is 0 Å². The first-order valence-corrected chi connectivity index (χ1v) is 6.06. The zero-order valence-corrected chi connectivity index (χ0v) is 8.46. The molecule has 0 aromatic heterocycles. The van der Waals surface area contributed by atoms with Gasteiger partial charge in [-0.25, -0.2) is 0 Å². The topological polar surface area (TPSA) is 72.5 Å². The number of rotatable bonds is 5. The van der Waals surface area contributed by atoms with Gasteiger partial charge < -0.3 is 15.6 Å². The summed E-state index contributed by atoms with van der Waals surface area (Å²) in [5.74, 6) is 0.813. The fourth-order valence-corrected chi connectivity index (χ4v) is 2.71. The Bertz CT molecular complexity index is 171. The molecule has 3 unspecified atom stereocenters. The normalized spacial score (nSPS) is 27.4. The first-order chi connectivity index (χ1) is 6.22. The Morgan fingerprint density at radius 3 is 3.00 bits per heavy atom. The molecule has 0 radical (unpaired) electrons. The second kappa shape index (κ2) is 5.70. The number of aliphatic hydroxyl groups excluding tert-OH is 1. The van der Waals surface area contributed by atoms with Crippen LogP contribution in [0.4, 0.5) is 0 Å². The highest BCUT2D eigenvalue weighted by Crippen LogP contribution is 2.13. The van der Waals surface area contributed by atoms with E-state index >= 15 is 0 Å². The lowest BCUT2D eigenvalue weighted by molar-refractivity contribution is 0.128. The molecule has 4 nitrogen and oxygen atoms in total. The van der Waals surface area contributed by atoms with Gasteiger partial charge in [-0.3, -0.25) is 4.21 Å². The molecule has 0 amide bonds. The molecule has 1 fully saturated rings. The van der Waals surface area contributed by atoms with Gasteiger partial charge in [0.1, 0.15) is 0 Å². The van der Waals surface area contributed by atoms with Gasteiger partial charge in [0.2, 0.25) is 0 Å². The lowest BCUT2D eigenvalue weighted by atomic mass is 10.3. The summed E-state index contributed by atoms with van der Waals surface area (Å²) < 4.78 is 16.7. The summed E-state index contributed by atoms with van der Waals surface area (Å²) in [6.45, 7) is 0.957. The fourth-order valence-electron chi connectivity index (χ4n) is 1.33. The minimum Gasteiger partial charge on any atom is -0.391 e. The Labute approximate surface area is 80.9 Å². The molecular formula is C8H17NO3S. The van der Waals surface area contributed by atoms with Gasteiger partial charge in [-0.05, 0) is 12.8 Å². The number of aliphatic hydroxyl groups is 1. The van der Waals surface area contributed by atoms with Crippen LogP contribution in [0.2, 0.25) is 0 Å². The average molecular weight is 207 g/mol. The van der Waals surface area contributed by atoms with Crippen LogP contribution in [0.15, 0.2) is 0 Å². The lowest BCUT2D eigenvalue weighted by Crippen LogP contribution is -2.29. The molecule has 0 aromatic rings. The van der Waals surface area contributed by atoms with Crippen molar-refractivity contribution in [2.45, 2.75) is 25.0 Å². The molecule has 3 atom stereocenters. The molecule has 1 rings (SSSR count). The summed E-state index contributed by atoms with van der Waals surface area (Å²) >= 11 is 0. The highest BCUT2D eigenvalue weighted by Gasteiger charge is 2.19. The molecule has 5 heteroatoms. The third-order valence-corrected chi connectivity index (χ3v) is 3.55. The van der Waals surface area contributed by atoms with Crippen molar-refractivity contribution in [2.24, 2.45) is 5.73 Å². The largest absolute Gasteiger partial charge is 0.391 e. The highest BCUT2D eigenvalue weighted by molar-refractivity contribution is 7.85. The van der Waals surface area contributed by atoms with Crippen LogP contribution in [0.3, 0.4) is 0 Å². The third-order valence-electron chi connectivity index (χ3n) is 2.05. The van der Waals surface area contributed by atoms with Crippen LogP contribution in [0.1, 0.15) is 12.8 Å². The van der Waals surface area contributed by atoms with E-state index in [9.17, 15) is 4.21 Å². The molecule has 1 heterocycles. The second-order valence-electron chi connectivity index (χ2n) is 3.30. The maximum absolute atomic E-state index is 11.4. The van der Waals surface area contributed by atoms with E-state index < -0.39 is 16.9 Å². The summed E-state index contributed by atoms with van der Waals surface area (Å²) in [6.07, 6.45) is 1.54. The molecule has 3 N–H and O–H groups in total. The Morgan fingerprint density at radius 1 is 1.69 bits per heavy atom. The average Bonchev–Trinajstić information content (AvgIpc) is 2.56. The van der Waals surface area contributed by atoms with Gasteiger partial charge in [0, 0.05) is 29.7 Å². The van der Waals surface area contributed by atoms with Gasteiger partial charge in [-0.2, -0.15) is 0 Å². The molecule has 0 aliphatic carbocycles. The summed E-state index contributed by atoms with van der Waals surface area (Å²) in [5, 5.41) is 9.14. The first-order valence-electron chi connectivity index (χ1n) is 4.57. The fraction of sp³-hybridized carbons (Fsp3) is 1.00. The quantitative estimate of drug-likeness (QED) is 0.621. The van der Waals surface area contributed by atoms with Crippen molar-refractivity contribution >= 4 is 10.8 Å². The standard InChI is InChI=1S/C8H17NO3S/c9-4-7(10)5-13(11)6-8-2-1-3-12-8/h7-8,10H,1-6,9H2. The van der Waals surface area contributed by atoms with E-state index in [1.165, 1.54) is 0 Å². The van der Waals surface area contributed by atoms with Crippen LogP contribution >= 0.6 is 0 Å². The molecule has 1 saturated heterocycles. The highest BCUT2D eigenvalue weighted by atomic mass is 32.2. The van der Waals surface area contributed by atoms with Crippen molar-refractivity contribution in [2.75, 3.05) is 24.7 Å². The zero-order valence-electron chi connectivity index (χ0n) is 7.65. The maximum atomic E-state index is 11.4. The van der Waals surface area contributed by atoms with Gasteiger partial charge in [0.05, 0.1) is 18.0 Å². The van der Waals surface area contributed by atoms with Crippen LogP contribution < -0.4 is 5.73 Å². The predicted molar refractivity (Wildman–Crippen MR) is 51.9 cm³/mol. The first kappa shape index (κ1) is 11.1. The van der Waals surface area contributed by atoms with Crippen LogP contribution in [-0.2, 0) is 15.5 Å². The minimum absolute atomic E-state index is 0.130. The van der Waals surface area contributed by atoms with Gasteiger partial charge in [-0.15, -0.1) is 0 Å². The van der Waals surface area contributed by atoms with Crippen molar-refractivity contribution < 1.29 is 14.1 Å². The smallest absolute Gasteiger partial charge is 0.0777 e. The van der Waals surface area contributed by atoms with E-state index in [0.717, 1.165) is 19.4 Å². The lowest BCUT2D eigenvalue weighted by Gasteiger charge is -2.11. The van der Waals surface area contributed by atoms with Crippen molar-refractivity contribution in [3.05, 3.63) is 0 Å². The third kappa shape index (κ3) is 4.17. The minimum atomic E-state index is -0.995. The Hall–Kier alpha value is 0.0300. The van der Waals surface area contributed by atoms with Crippen LogP contribution in [0.25, 0.3) is 0 Å². The summed E-state index contributed by atoms with van der Waals surface area (Å²) in [5.41, 5.74) is 5.21. The van der Waals surface area contributed by atoms with E-state index in [1.54, 1.807) is 0 Å². The Balaban J connectivity index is 2.16. The molecule has 78 valence electrons. The molecule has 13 heavy (non-hydrogen) atoms. The second-order valence-corrected chi connectivity index (χ2v) is 4.84. The summed E-state index contributed by atoms with van der Waals surface area (Å²) in [4.78, 5) is 0. The molecule has 0 bridgehead atoms. The maximum Gasteiger partial charge on any atom is 0.0777 e. The molecule has 1 aliphatic rings. The predicted octanol–water partition coefficient (Wildman–Crippen LogP) is -0.766. The number of hydrogen-bond donors (Lipinski definition) is 2. The molecule has 0 saturated carbocycles. The van der Waals surface area contributed by atoms with Gasteiger partial charge in [0.15, 0.2) is 0 Å². The summed E-state index contributed by atoms with van der Waals surface area (Å²) in [6, 6.07) is 0.